The van der Waals surface area contributed by atoms with Crippen LogP contribution in [0.4, 0.5) is 0 Å². The smallest absolute Gasteiger partial charge is 0.181 e. The van der Waals surface area contributed by atoms with E-state index < -0.39 is 6.04 Å². The van der Waals surface area contributed by atoms with Gasteiger partial charge in [-0.05, 0) is 17.9 Å². The van der Waals surface area contributed by atoms with Gasteiger partial charge in [0.15, 0.2) is 12.1 Å². The Hall–Kier alpha value is -1.42. The van der Waals surface area contributed by atoms with E-state index in [0.717, 1.165) is 18.4 Å². The number of hydrogen-bond acceptors (Lipinski definition) is 3. The molecule has 1 heterocycles. The second-order valence-corrected chi connectivity index (χ2v) is 5.11. The molecule has 0 amide bonds. The van der Waals surface area contributed by atoms with E-state index in [1.165, 1.54) is 0 Å². The minimum absolute atomic E-state index is 0.0602. The van der Waals surface area contributed by atoms with E-state index in [9.17, 15) is 9.59 Å². The number of aldehydes is 1. The lowest BCUT2D eigenvalue weighted by Crippen LogP contribution is -2.48. The minimum atomic E-state index is -0.484. The lowest BCUT2D eigenvalue weighted by atomic mass is 9.72. The fraction of sp³-hybridized carbons (Fsp3) is 0.500. The maximum atomic E-state index is 12.1. The summed E-state index contributed by atoms with van der Waals surface area (Å²) in [6.45, 7) is 3.96. The fourth-order valence-corrected chi connectivity index (χ4v) is 2.27. The molecule has 0 saturated heterocycles. The third-order valence-corrected chi connectivity index (χ3v) is 3.53. The first-order valence-electron chi connectivity index (χ1n) is 5.32. The molecule has 1 aromatic rings. The van der Waals surface area contributed by atoms with Gasteiger partial charge in [0.1, 0.15) is 0 Å². The van der Waals surface area contributed by atoms with Crippen LogP contribution in [0.1, 0.15) is 40.4 Å². The van der Waals surface area contributed by atoms with Crippen LogP contribution in [0.25, 0.3) is 0 Å². The van der Waals surface area contributed by atoms with Gasteiger partial charge in [-0.2, -0.15) is 0 Å². The zero-order chi connectivity index (χ0) is 12.1. The molecule has 0 bridgehead atoms. The Morgan fingerprint density at radius 3 is 2.75 bits per heavy atom. The number of ketones is 1. The molecule has 1 unspecified atom stereocenters. The maximum absolute atomic E-state index is 12.1. The molecule has 2 N–H and O–H groups in total. The summed E-state index contributed by atoms with van der Waals surface area (Å²) in [6, 6.07) is 1.15. The number of rotatable bonds is 1. The van der Waals surface area contributed by atoms with Crippen LogP contribution in [-0.2, 0) is 13.5 Å². The van der Waals surface area contributed by atoms with Crippen molar-refractivity contribution < 1.29 is 9.59 Å². The lowest BCUT2D eigenvalue weighted by molar-refractivity contribution is 0.0863. The van der Waals surface area contributed by atoms with E-state index in [1.54, 1.807) is 10.6 Å². The predicted molar refractivity (Wildman–Crippen MR) is 60.6 cm³/mol. The van der Waals surface area contributed by atoms with Crippen LogP contribution in [0.15, 0.2) is 6.07 Å². The van der Waals surface area contributed by atoms with Crippen LogP contribution in [-0.4, -0.2) is 22.7 Å². The lowest BCUT2D eigenvalue weighted by Gasteiger charge is -2.35. The molecule has 1 aliphatic rings. The van der Waals surface area contributed by atoms with Gasteiger partial charge in [-0.15, -0.1) is 0 Å². The van der Waals surface area contributed by atoms with E-state index in [4.69, 9.17) is 5.73 Å². The molecule has 0 saturated carbocycles. The summed E-state index contributed by atoms with van der Waals surface area (Å²) in [5.41, 5.74) is 7.73. The number of aromatic nitrogens is 1. The molecule has 4 heteroatoms. The number of fused-ring (bicyclic) bond motifs is 1. The van der Waals surface area contributed by atoms with Crippen molar-refractivity contribution in [2.75, 3.05) is 0 Å². The standard InChI is InChI=1S/C12H16N2O2/c1-12(2)5-9-8(10(16)11(12)13)4-7(6-15)14(9)3/h4,6,11H,5,13H2,1-3H3. The van der Waals surface area contributed by atoms with E-state index in [1.807, 2.05) is 20.9 Å². The quantitative estimate of drug-likeness (QED) is 0.716. The number of Topliss-reactive ketones (excluding diaryl/α,β-unsaturated/α-hetero) is 1. The topological polar surface area (TPSA) is 65.1 Å². The largest absolute Gasteiger partial charge is 0.345 e. The summed E-state index contributed by atoms with van der Waals surface area (Å²) in [6.07, 6.45) is 1.49. The molecule has 0 fully saturated rings. The second kappa shape index (κ2) is 3.28. The highest BCUT2D eigenvalue weighted by Crippen LogP contribution is 2.34. The Labute approximate surface area is 94.4 Å². The zero-order valence-corrected chi connectivity index (χ0v) is 9.78. The monoisotopic (exact) mass is 220 g/mol. The number of carbonyl (C=O) groups is 2. The molecule has 86 valence electrons. The Kier molecular flexibility index (Phi) is 2.27. The van der Waals surface area contributed by atoms with Gasteiger partial charge in [-0.25, -0.2) is 0 Å². The molecule has 1 atom stereocenters. The molecular formula is C12H16N2O2. The molecule has 0 aliphatic heterocycles. The summed E-state index contributed by atoms with van der Waals surface area (Å²) in [5, 5.41) is 0. The van der Waals surface area contributed by atoms with Gasteiger partial charge in [0.25, 0.3) is 0 Å². The van der Waals surface area contributed by atoms with Gasteiger partial charge in [0.05, 0.1) is 11.7 Å². The number of hydrogen-bond donors (Lipinski definition) is 1. The highest BCUT2D eigenvalue weighted by atomic mass is 16.1. The van der Waals surface area contributed by atoms with Crippen LogP contribution in [0.3, 0.4) is 0 Å². The molecule has 4 nitrogen and oxygen atoms in total. The van der Waals surface area contributed by atoms with Crippen molar-refractivity contribution >= 4 is 12.1 Å². The summed E-state index contributed by atoms with van der Waals surface area (Å²) < 4.78 is 1.79. The summed E-state index contributed by atoms with van der Waals surface area (Å²) >= 11 is 0. The number of carbonyl (C=O) groups excluding carboxylic acids is 2. The van der Waals surface area contributed by atoms with Gasteiger partial charge in [0, 0.05) is 18.3 Å². The summed E-state index contributed by atoms with van der Waals surface area (Å²) in [4.78, 5) is 22.9. The van der Waals surface area contributed by atoms with Gasteiger partial charge in [-0.1, -0.05) is 13.8 Å². The van der Waals surface area contributed by atoms with Gasteiger partial charge < -0.3 is 10.3 Å². The van der Waals surface area contributed by atoms with Gasteiger partial charge in [0.2, 0.25) is 0 Å². The zero-order valence-electron chi connectivity index (χ0n) is 9.78. The molecule has 0 aromatic carbocycles. The Morgan fingerprint density at radius 1 is 1.56 bits per heavy atom. The van der Waals surface area contributed by atoms with Crippen molar-refractivity contribution in [1.29, 1.82) is 0 Å². The first-order valence-corrected chi connectivity index (χ1v) is 5.32. The average molecular weight is 220 g/mol. The second-order valence-electron chi connectivity index (χ2n) is 5.11. The van der Waals surface area contributed by atoms with Gasteiger partial charge >= 0.3 is 0 Å². The summed E-state index contributed by atoms with van der Waals surface area (Å²) in [7, 11) is 1.81. The van der Waals surface area contributed by atoms with Crippen LogP contribution in [0, 0.1) is 5.41 Å². The van der Waals surface area contributed by atoms with Crippen molar-refractivity contribution in [3.8, 4) is 0 Å². The molecule has 2 rings (SSSR count). The van der Waals surface area contributed by atoms with Crippen molar-refractivity contribution in [3.63, 3.8) is 0 Å². The first-order chi connectivity index (χ1) is 7.38. The van der Waals surface area contributed by atoms with Crippen molar-refractivity contribution in [2.24, 2.45) is 18.2 Å². The average Bonchev–Trinajstić information content (AvgIpc) is 2.53. The first kappa shape index (κ1) is 11.1. The van der Waals surface area contributed by atoms with Crippen LogP contribution < -0.4 is 5.73 Å². The van der Waals surface area contributed by atoms with E-state index >= 15 is 0 Å². The maximum Gasteiger partial charge on any atom is 0.181 e. The van der Waals surface area contributed by atoms with E-state index in [2.05, 4.69) is 0 Å². The van der Waals surface area contributed by atoms with Crippen LogP contribution in [0.5, 0.6) is 0 Å². The molecular weight excluding hydrogens is 204 g/mol. The Morgan fingerprint density at radius 2 is 2.19 bits per heavy atom. The van der Waals surface area contributed by atoms with Crippen molar-refractivity contribution in [2.45, 2.75) is 26.3 Å². The molecule has 0 spiro atoms. The third kappa shape index (κ3) is 1.33. The Bertz CT molecular complexity index is 472. The van der Waals surface area contributed by atoms with Gasteiger partial charge in [-0.3, -0.25) is 9.59 Å². The highest BCUT2D eigenvalue weighted by molar-refractivity contribution is 6.04. The number of nitrogens with two attached hydrogens (primary N) is 1. The normalized spacial score (nSPS) is 23.0. The highest BCUT2D eigenvalue weighted by Gasteiger charge is 2.40. The number of nitrogens with zero attached hydrogens (tertiary/aromatic N) is 1. The Balaban J connectivity index is 2.62. The molecule has 16 heavy (non-hydrogen) atoms. The van der Waals surface area contributed by atoms with Crippen LogP contribution in [0.2, 0.25) is 0 Å². The van der Waals surface area contributed by atoms with Crippen molar-refractivity contribution in [1.82, 2.24) is 4.57 Å². The third-order valence-electron chi connectivity index (χ3n) is 3.53. The van der Waals surface area contributed by atoms with E-state index in [0.29, 0.717) is 11.3 Å². The SMILES string of the molecule is Cn1c(C=O)cc2c1CC(C)(C)C(N)C2=O. The predicted octanol–water partition coefficient (Wildman–Crippen LogP) is 0.930. The van der Waals surface area contributed by atoms with Crippen molar-refractivity contribution in [3.05, 3.63) is 23.0 Å². The minimum Gasteiger partial charge on any atom is -0.345 e. The van der Waals surface area contributed by atoms with Crippen LogP contribution >= 0.6 is 0 Å². The molecule has 1 aromatic heterocycles. The fourth-order valence-electron chi connectivity index (χ4n) is 2.27. The summed E-state index contributed by atoms with van der Waals surface area (Å²) in [5.74, 6) is -0.0602. The molecule has 0 radical (unpaired) electrons. The van der Waals surface area contributed by atoms with E-state index in [-0.39, 0.29) is 11.2 Å². The molecule has 1 aliphatic carbocycles.